The maximum absolute atomic E-state index is 12.7. The molecule has 4 nitrogen and oxygen atoms in total. The standard InChI is InChI=1S/C21H24F3N3OS/c1-16-3-5-17(6-4-16)14-29-15-20(28)27-10-2-9-26(11-12-27)19-8-7-18(13-25-19)21(22,23)24/h3-8,13H,2,9-12,14-15H2,1H3. The number of thioether (sulfide) groups is 1. The van der Waals surface area contributed by atoms with Gasteiger partial charge in [-0.15, -0.1) is 11.8 Å². The van der Waals surface area contributed by atoms with E-state index in [4.69, 9.17) is 0 Å². The highest BCUT2D eigenvalue weighted by Gasteiger charge is 2.31. The average molecular weight is 424 g/mol. The molecule has 3 rings (SSSR count). The third-order valence-electron chi connectivity index (χ3n) is 4.86. The van der Waals surface area contributed by atoms with Gasteiger partial charge in [0.05, 0.1) is 11.3 Å². The molecule has 0 radical (unpaired) electrons. The average Bonchev–Trinajstić information content (AvgIpc) is 2.95. The summed E-state index contributed by atoms with van der Waals surface area (Å²) in [6, 6.07) is 10.7. The van der Waals surface area contributed by atoms with E-state index in [1.807, 2.05) is 16.7 Å². The number of rotatable bonds is 5. The Kier molecular flexibility index (Phi) is 7.05. The fourth-order valence-corrected chi connectivity index (χ4v) is 4.06. The lowest BCUT2D eigenvalue weighted by molar-refractivity contribution is -0.137. The molecule has 0 atom stereocenters. The quantitative estimate of drug-likeness (QED) is 0.715. The monoisotopic (exact) mass is 423 g/mol. The number of hydrogen-bond donors (Lipinski definition) is 0. The molecule has 0 N–H and O–H groups in total. The number of aryl methyl sites for hydroxylation is 1. The molecule has 1 aromatic heterocycles. The molecule has 0 unspecified atom stereocenters. The number of aromatic nitrogens is 1. The largest absolute Gasteiger partial charge is 0.417 e. The van der Waals surface area contributed by atoms with Gasteiger partial charge in [0.1, 0.15) is 5.82 Å². The van der Waals surface area contributed by atoms with E-state index in [9.17, 15) is 18.0 Å². The number of amides is 1. The van der Waals surface area contributed by atoms with Gasteiger partial charge in [0.15, 0.2) is 0 Å². The summed E-state index contributed by atoms with van der Waals surface area (Å²) in [7, 11) is 0. The van der Waals surface area contributed by atoms with Crippen LogP contribution in [0.3, 0.4) is 0 Å². The number of anilines is 1. The number of hydrogen-bond acceptors (Lipinski definition) is 4. The topological polar surface area (TPSA) is 36.4 Å². The van der Waals surface area contributed by atoms with Gasteiger partial charge in [-0.3, -0.25) is 4.79 Å². The zero-order valence-electron chi connectivity index (χ0n) is 16.3. The van der Waals surface area contributed by atoms with Crippen molar-refractivity contribution >= 4 is 23.5 Å². The van der Waals surface area contributed by atoms with Crippen LogP contribution in [0.4, 0.5) is 19.0 Å². The van der Waals surface area contributed by atoms with E-state index < -0.39 is 11.7 Å². The summed E-state index contributed by atoms with van der Waals surface area (Å²) >= 11 is 1.60. The lowest BCUT2D eigenvalue weighted by Gasteiger charge is -2.23. The summed E-state index contributed by atoms with van der Waals surface area (Å²) in [6.45, 7) is 4.47. The van der Waals surface area contributed by atoms with Crippen molar-refractivity contribution in [3.8, 4) is 0 Å². The summed E-state index contributed by atoms with van der Waals surface area (Å²) in [5.74, 6) is 1.83. The number of carbonyl (C=O) groups is 1. The van der Waals surface area contributed by atoms with Crippen LogP contribution in [0.15, 0.2) is 42.6 Å². The van der Waals surface area contributed by atoms with Gasteiger partial charge >= 0.3 is 6.18 Å². The van der Waals surface area contributed by atoms with Crippen LogP contribution in [0.5, 0.6) is 0 Å². The maximum atomic E-state index is 12.7. The van der Waals surface area contributed by atoms with Crippen LogP contribution in [0.25, 0.3) is 0 Å². The van der Waals surface area contributed by atoms with E-state index in [-0.39, 0.29) is 5.91 Å². The molecule has 0 bridgehead atoms. The van der Waals surface area contributed by atoms with Crippen LogP contribution in [-0.4, -0.2) is 47.7 Å². The number of halogens is 3. The fraction of sp³-hybridized carbons (Fsp3) is 0.429. The second-order valence-corrected chi connectivity index (χ2v) is 8.09. The van der Waals surface area contributed by atoms with Gasteiger partial charge in [0.25, 0.3) is 0 Å². The second-order valence-electron chi connectivity index (χ2n) is 7.10. The van der Waals surface area contributed by atoms with E-state index in [0.717, 1.165) is 24.4 Å². The molecule has 2 heterocycles. The van der Waals surface area contributed by atoms with Crippen molar-refractivity contribution in [3.63, 3.8) is 0 Å². The second kappa shape index (κ2) is 9.52. The van der Waals surface area contributed by atoms with E-state index in [1.165, 1.54) is 17.2 Å². The van der Waals surface area contributed by atoms with Crippen molar-refractivity contribution in [1.29, 1.82) is 0 Å². The molecule has 1 aliphatic rings. The Morgan fingerprint density at radius 2 is 1.83 bits per heavy atom. The Labute approximate surface area is 173 Å². The molecule has 156 valence electrons. The third-order valence-corrected chi connectivity index (χ3v) is 5.85. The molecule has 0 saturated carbocycles. The Balaban J connectivity index is 1.48. The van der Waals surface area contributed by atoms with E-state index in [1.54, 1.807) is 11.8 Å². The van der Waals surface area contributed by atoms with Crippen LogP contribution < -0.4 is 4.90 Å². The predicted octanol–water partition coefficient (Wildman–Crippen LogP) is 4.38. The fourth-order valence-electron chi connectivity index (χ4n) is 3.17. The highest BCUT2D eigenvalue weighted by atomic mass is 32.2. The molecule has 1 fully saturated rings. The van der Waals surface area contributed by atoms with Crippen LogP contribution >= 0.6 is 11.8 Å². The highest BCUT2D eigenvalue weighted by molar-refractivity contribution is 7.99. The van der Waals surface area contributed by atoms with Gasteiger partial charge in [0.2, 0.25) is 5.91 Å². The minimum atomic E-state index is -4.39. The number of nitrogens with zero attached hydrogens (tertiary/aromatic N) is 3. The van der Waals surface area contributed by atoms with Crippen LogP contribution in [0.1, 0.15) is 23.1 Å². The number of alkyl halides is 3. The van der Waals surface area contributed by atoms with Crippen LogP contribution in [0.2, 0.25) is 0 Å². The molecule has 0 aliphatic carbocycles. The number of benzene rings is 1. The molecule has 1 aliphatic heterocycles. The van der Waals surface area contributed by atoms with Gasteiger partial charge in [-0.1, -0.05) is 29.8 Å². The summed E-state index contributed by atoms with van der Waals surface area (Å²) in [5.41, 5.74) is 1.66. The first-order valence-electron chi connectivity index (χ1n) is 9.52. The molecule has 1 aromatic carbocycles. The van der Waals surface area contributed by atoms with Crippen molar-refractivity contribution in [3.05, 3.63) is 59.3 Å². The van der Waals surface area contributed by atoms with Gasteiger partial charge < -0.3 is 9.80 Å². The zero-order chi connectivity index (χ0) is 20.9. The minimum Gasteiger partial charge on any atom is -0.355 e. The molecule has 8 heteroatoms. The Morgan fingerprint density at radius 1 is 1.07 bits per heavy atom. The third kappa shape index (κ3) is 6.13. The van der Waals surface area contributed by atoms with Gasteiger partial charge in [-0.2, -0.15) is 13.2 Å². The SMILES string of the molecule is Cc1ccc(CSCC(=O)N2CCCN(c3ccc(C(F)(F)F)cn3)CC2)cc1. The summed E-state index contributed by atoms with van der Waals surface area (Å²) in [5, 5.41) is 0. The molecule has 2 aromatic rings. The predicted molar refractivity (Wildman–Crippen MR) is 110 cm³/mol. The lowest BCUT2D eigenvalue weighted by Crippen LogP contribution is -2.36. The highest BCUT2D eigenvalue weighted by Crippen LogP contribution is 2.29. The van der Waals surface area contributed by atoms with Crippen molar-refractivity contribution in [2.45, 2.75) is 25.3 Å². The number of pyridine rings is 1. The minimum absolute atomic E-state index is 0.101. The first kappa shape index (κ1) is 21.5. The van der Waals surface area contributed by atoms with Gasteiger partial charge in [-0.05, 0) is 31.0 Å². The Bertz CT molecular complexity index is 809. The van der Waals surface area contributed by atoms with Crippen molar-refractivity contribution in [1.82, 2.24) is 9.88 Å². The molecule has 29 heavy (non-hydrogen) atoms. The molecule has 1 saturated heterocycles. The first-order chi connectivity index (χ1) is 13.8. The molecular weight excluding hydrogens is 399 g/mol. The first-order valence-corrected chi connectivity index (χ1v) is 10.7. The van der Waals surface area contributed by atoms with Crippen molar-refractivity contribution in [2.75, 3.05) is 36.8 Å². The van der Waals surface area contributed by atoms with Crippen LogP contribution in [0, 0.1) is 6.92 Å². The summed E-state index contributed by atoms with van der Waals surface area (Å²) < 4.78 is 38.1. The summed E-state index contributed by atoms with van der Waals surface area (Å²) in [4.78, 5) is 20.3. The Hall–Kier alpha value is -2.22. The van der Waals surface area contributed by atoms with E-state index >= 15 is 0 Å². The molecule has 0 spiro atoms. The molecule has 1 amide bonds. The van der Waals surface area contributed by atoms with Gasteiger partial charge in [0, 0.05) is 38.1 Å². The number of carbonyl (C=O) groups excluding carboxylic acids is 1. The van der Waals surface area contributed by atoms with Crippen molar-refractivity contribution in [2.24, 2.45) is 0 Å². The normalized spacial score (nSPS) is 15.3. The van der Waals surface area contributed by atoms with Crippen LogP contribution in [-0.2, 0) is 16.7 Å². The summed E-state index contributed by atoms with van der Waals surface area (Å²) in [6.07, 6.45) is -2.76. The maximum Gasteiger partial charge on any atom is 0.417 e. The Morgan fingerprint density at radius 3 is 2.48 bits per heavy atom. The van der Waals surface area contributed by atoms with Crippen molar-refractivity contribution < 1.29 is 18.0 Å². The van der Waals surface area contributed by atoms with Gasteiger partial charge in [-0.25, -0.2) is 4.98 Å². The molecular formula is C21H24F3N3OS. The lowest BCUT2D eigenvalue weighted by atomic mass is 10.2. The van der Waals surface area contributed by atoms with E-state index in [2.05, 4.69) is 29.2 Å². The van der Waals surface area contributed by atoms with E-state index in [0.29, 0.717) is 37.7 Å². The zero-order valence-corrected chi connectivity index (χ0v) is 17.1. The smallest absolute Gasteiger partial charge is 0.355 e.